The molecule has 0 saturated heterocycles. The highest BCUT2D eigenvalue weighted by Crippen LogP contribution is 2.37. The summed E-state index contributed by atoms with van der Waals surface area (Å²) in [6.45, 7) is 2.11. The number of carbonyl (C=O) groups is 1. The number of ether oxygens (including phenoxy) is 1. The maximum absolute atomic E-state index is 12.7. The van der Waals surface area contributed by atoms with Gasteiger partial charge in [-0.3, -0.25) is 4.79 Å². The topological polar surface area (TPSA) is 79.4 Å². The minimum atomic E-state index is -0.293. The van der Waals surface area contributed by atoms with Crippen LogP contribution < -0.4 is 4.74 Å². The Hall–Kier alpha value is -2.75. The lowest BCUT2D eigenvalue weighted by molar-refractivity contribution is -0.134. The van der Waals surface area contributed by atoms with Gasteiger partial charge in [-0.25, -0.2) is 4.98 Å². The molecule has 0 aliphatic rings. The van der Waals surface area contributed by atoms with E-state index in [4.69, 9.17) is 37.6 Å². The number of pyridine rings is 1. The first-order chi connectivity index (χ1) is 13.5. The maximum Gasteiger partial charge on any atom is 0.260 e. The number of halogens is 2. The lowest BCUT2D eigenvalue weighted by Gasteiger charge is -2.21. The Morgan fingerprint density at radius 1 is 1.32 bits per heavy atom. The predicted molar refractivity (Wildman–Crippen MR) is 106 cm³/mol. The molecule has 0 spiro atoms. The number of benzene rings is 1. The normalized spacial score (nSPS) is 10.6. The molecule has 0 fully saturated rings. The number of hydrogen-bond donors (Lipinski definition) is 0. The Morgan fingerprint density at radius 3 is 2.86 bits per heavy atom. The molecule has 2 aromatic heterocycles. The first kappa shape index (κ1) is 20.0. The van der Waals surface area contributed by atoms with Crippen LogP contribution in [0.4, 0.5) is 0 Å². The van der Waals surface area contributed by atoms with Gasteiger partial charge in [0.15, 0.2) is 12.4 Å². The molecule has 0 aliphatic heterocycles. The lowest BCUT2D eigenvalue weighted by Crippen LogP contribution is -2.35. The van der Waals surface area contributed by atoms with E-state index in [1.54, 1.807) is 18.2 Å². The zero-order valence-corrected chi connectivity index (χ0v) is 16.6. The van der Waals surface area contributed by atoms with Crippen LogP contribution in [0.15, 0.2) is 41.0 Å². The number of hydrogen-bond acceptors (Lipinski definition) is 5. The van der Waals surface area contributed by atoms with Gasteiger partial charge in [0.1, 0.15) is 11.3 Å². The van der Waals surface area contributed by atoms with Crippen molar-refractivity contribution >= 4 is 40.0 Å². The lowest BCUT2D eigenvalue weighted by atomic mass is 10.2. The summed E-state index contributed by atoms with van der Waals surface area (Å²) >= 11 is 12.5. The highest BCUT2D eigenvalue weighted by molar-refractivity contribution is 6.39. The van der Waals surface area contributed by atoms with Crippen LogP contribution in [0, 0.1) is 18.3 Å². The van der Waals surface area contributed by atoms with Gasteiger partial charge in [0.05, 0.1) is 35.3 Å². The predicted octanol–water partition coefficient (Wildman–Crippen LogP) is 4.76. The van der Waals surface area contributed by atoms with Crippen LogP contribution in [0.25, 0.3) is 10.9 Å². The summed E-state index contributed by atoms with van der Waals surface area (Å²) in [5, 5.41) is 10.3. The van der Waals surface area contributed by atoms with Crippen LogP contribution in [0.1, 0.15) is 17.9 Å². The van der Waals surface area contributed by atoms with Gasteiger partial charge in [-0.2, -0.15) is 5.26 Å². The van der Waals surface area contributed by atoms with Crippen molar-refractivity contribution in [1.82, 2.24) is 9.88 Å². The number of fused-ring (bicyclic) bond motifs is 1. The molecule has 144 valence electrons. The first-order valence-electron chi connectivity index (χ1n) is 8.55. The number of aryl methyl sites for hydroxylation is 1. The van der Waals surface area contributed by atoms with Gasteiger partial charge >= 0.3 is 0 Å². The molecule has 0 bridgehead atoms. The molecular weight excluding hydrogens is 401 g/mol. The Morgan fingerprint density at radius 2 is 2.14 bits per heavy atom. The van der Waals surface area contributed by atoms with Crippen LogP contribution in [0.2, 0.25) is 10.0 Å². The third-order valence-electron chi connectivity index (χ3n) is 4.09. The highest BCUT2D eigenvalue weighted by Gasteiger charge is 2.19. The van der Waals surface area contributed by atoms with E-state index >= 15 is 0 Å². The summed E-state index contributed by atoms with van der Waals surface area (Å²) in [4.78, 5) is 18.7. The van der Waals surface area contributed by atoms with Crippen LogP contribution in [-0.4, -0.2) is 28.9 Å². The third kappa shape index (κ3) is 4.56. The summed E-state index contributed by atoms with van der Waals surface area (Å²) in [5.74, 6) is 0.633. The SMILES string of the molecule is Cc1ccc2c(Cl)cc(Cl)c(OCC(=O)N(CCC#N)Cc3ccco3)c2n1. The number of rotatable bonds is 7. The van der Waals surface area contributed by atoms with Crippen molar-refractivity contribution in [3.8, 4) is 11.8 Å². The molecule has 1 aromatic carbocycles. The van der Waals surface area contributed by atoms with Crippen LogP contribution in [0.3, 0.4) is 0 Å². The second-order valence-electron chi connectivity index (χ2n) is 6.11. The first-order valence-corrected chi connectivity index (χ1v) is 9.30. The maximum atomic E-state index is 12.7. The molecular formula is C20H17Cl2N3O3. The summed E-state index contributed by atoms with van der Waals surface area (Å²) in [7, 11) is 0. The van der Waals surface area contributed by atoms with Crippen molar-refractivity contribution in [2.45, 2.75) is 19.9 Å². The van der Waals surface area contributed by atoms with E-state index in [-0.39, 0.29) is 37.0 Å². The molecule has 8 heteroatoms. The molecule has 28 heavy (non-hydrogen) atoms. The van der Waals surface area contributed by atoms with Gasteiger partial charge in [-0.15, -0.1) is 0 Å². The highest BCUT2D eigenvalue weighted by atomic mass is 35.5. The minimum Gasteiger partial charge on any atom is -0.480 e. The molecule has 2 heterocycles. The van der Waals surface area contributed by atoms with E-state index in [1.165, 1.54) is 11.2 Å². The van der Waals surface area contributed by atoms with E-state index < -0.39 is 0 Å². The quantitative estimate of drug-likeness (QED) is 0.553. The fourth-order valence-corrected chi connectivity index (χ4v) is 3.29. The average molecular weight is 418 g/mol. The molecule has 1 amide bonds. The van der Waals surface area contributed by atoms with Gasteiger partial charge in [0.2, 0.25) is 0 Å². The monoisotopic (exact) mass is 417 g/mol. The Balaban J connectivity index is 1.80. The van der Waals surface area contributed by atoms with Gasteiger partial charge in [0.25, 0.3) is 5.91 Å². The molecule has 6 nitrogen and oxygen atoms in total. The van der Waals surface area contributed by atoms with Crippen molar-refractivity contribution in [2.24, 2.45) is 0 Å². The smallest absolute Gasteiger partial charge is 0.260 e. The second-order valence-corrected chi connectivity index (χ2v) is 6.92. The van der Waals surface area contributed by atoms with Crippen molar-refractivity contribution in [3.05, 3.63) is 58.1 Å². The van der Waals surface area contributed by atoms with Crippen molar-refractivity contribution < 1.29 is 13.9 Å². The van der Waals surface area contributed by atoms with Crippen molar-refractivity contribution in [2.75, 3.05) is 13.2 Å². The number of carbonyl (C=O) groups excluding carboxylic acids is 1. The van der Waals surface area contributed by atoms with E-state index in [1.807, 2.05) is 25.1 Å². The fourth-order valence-electron chi connectivity index (χ4n) is 2.72. The van der Waals surface area contributed by atoms with E-state index in [0.29, 0.717) is 27.4 Å². The van der Waals surface area contributed by atoms with E-state index in [0.717, 1.165) is 5.69 Å². The molecule has 0 N–H and O–H groups in total. The third-order valence-corrected chi connectivity index (χ3v) is 4.68. The van der Waals surface area contributed by atoms with Gasteiger partial charge < -0.3 is 14.1 Å². The number of aromatic nitrogens is 1. The molecule has 0 atom stereocenters. The van der Waals surface area contributed by atoms with Crippen molar-refractivity contribution in [3.63, 3.8) is 0 Å². The second kappa shape index (κ2) is 8.96. The van der Waals surface area contributed by atoms with E-state index in [2.05, 4.69) is 4.98 Å². The average Bonchev–Trinajstić information content (AvgIpc) is 3.17. The largest absolute Gasteiger partial charge is 0.480 e. The van der Waals surface area contributed by atoms with Crippen LogP contribution in [0.5, 0.6) is 5.75 Å². The van der Waals surface area contributed by atoms with Crippen LogP contribution >= 0.6 is 23.2 Å². The van der Waals surface area contributed by atoms with E-state index in [9.17, 15) is 4.79 Å². The summed E-state index contributed by atoms with van der Waals surface area (Å²) < 4.78 is 11.0. The number of amides is 1. The number of furan rings is 1. The zero-order chi connectivity index (χ0) is 20.1. The molecule has 3 aromatic rings. The standard InChI is InChI=1S/C20H17Cl2N3O3/c1-13-5-6-15-16(21)10-17(22)20(19(15)24-13)28-12-18(26)25(8-3-7-23)11-14-4-2-9-27-14/h2,4-6,9-10H,3,8,11-12H2,1H3. The number of nitriles is 1. The number of nitrogens with zero attached hydrogens (tertiary/aromatic N) is 3. The molecule has 0 aliphatic carbocycles. The summed E-state index contributed by atoms with van der Waals surface area (Å²) in [5.41, 5.74) is 1.27. The molecule has 0 unspecified atom stereocenters. The Kier molecular flexibility index (Phi) is 6.40. The summed E-state index contributed by atoms with van der Waals surface area (Å²) in [6, 6.07) is 10.8. The summed E-state index contributed by atoms with van der Waals surface area (Å²) in [6.07, 6.45) is 1.74. The Bertz CT molecular complexity index is 1030. The minimum absolute atomic E-state index is 0.206. The van der Waals surface area contributed by atoms with Crippen LogP contribution in [-0.2, 0) is 11.3 Å². The fraction of sp³-hybridized carbons (Fsp3) is 0.250. The van der Waals surface area contributed by atoms with Gasteiger partial charge in [-0.1, -0.05) is 23.2 Å². The Labute approximate surface area is 172 Å². The molecule has 0 radical (unpaired) electrons. The zero-order valence-electron chi connectivity index (χ0n) is 15.1. The van der Waals surface area contributed by atoms with Crippen molar-refractivity contribution in [1.29, 1.82) is 5.26 Å². The van der Waals surface area contributed by atoms with Gasteiger partial charge in [0, 0.05) is 17.6 Å². The van der Waals surface area contributed by atoms with Gasteiger partial charge in [-0.05, 0) is 37.3 Å². The molecule has 0 saturated carbocycles. The molecule has 3 rings (SSSR count).